The second kappa shape index (κ2) is 24.1. The zero-order chi connectivity index (χ0) is 24.6. The summed E-state index contributed by atoms with van der Waals surface area (Å²) in [7, 11) is -4.94. The molecule has 32 heavy (non-hydrogen) atoms. The third kappa shape index (κ3) is 28.0. The van der Waals surface area contributed by atoms with E-state index in [1.165, 1.54) is 103 Å². The van der Waals surface area contributed by atoms with Gasteiger partial charge in [0.15, 0.2) is 0 Å². The van der Waals surface area contributed by atoms with E-state index in [-0.39, 0.29) is 13.2 Å². The molecule has 0 saturated carbocycles. The van der Waals surface area contributed by atoms with Gasteiger partial charge in [0.1, 0.15) is 13.1 Å². The molecule has 0 atom stereocenters. The number of quaternary nitrogens is 1. The molecule has 0 aliphatic heterocycles. The van der Waals surface area contributed by atoms with Crippen LogP contribution in [0.5, 0.6) is 0 Å². The first-order chi connectivity index (χ1) is 15.2. The molecule has 0 saturated heterocycles. The first-order valence-electron chi connectivity index (χ1n) is 12.9. The topological polar surface area (TPSA) is 133 Å². The summed E-state index contributed by atoms with van der Waals surface area (Å²) in [6, 6.07) is 0. The number of unbranched alkanes of at least 4 members (excludes halogenated alkanes) is 15. The van der Waals surface area contributed by atoms with Crippen molar-refractivity contribution in [1.82, 2.24) is 0 Å². The van der Waals surface area contributed by atoms with Gasteiger partial charge in [-0.15, -0.1) is 10.2 Å². The predicted molar refractivity (Wildman–Crippen MR) is 119 cm³/mol. The van der Waals surface area contributed by atoms with E-state index < -0.39 is 10.2 Å². The molecule has 7 nitrogen and oxygen atoms in total. The van der Waals surface area contributed by atoms with Gasteiger partial charge in [-0.3, -0.25) is 0 Å². The van der Waals surface area contributed by atoms with E-state index in [9.17, 15) is 10.2 Å². The number of rotatable bonds is 22. The first kappa shape index (κ1) is 34.2. The molecule has 0 radical (unpaired) electrons. The van der Waals surface area contributed by atoms with Gasteiger partial charge in [-0.25, -0.2) is 18.6 Å². The maximum atomic E-state index is 9.30. The van der Waals surface area contributed by atoms with E-state index in [2.05, 4.69) is 13.8 Å². The fraction of sp³-hybridized carbons (Fsp3) is 1.00. The number of aliphatic hydroxyl groups excluding tert-OH is 2. The molecule has 0 aromatic heterocycles. The Balaban J connectivity index is 0. The van der Waals surface area contributed by atoms with Crippen LogP contribution >= 0.6 is 0 Å². The SMILES string of the molecule is CCCCCCCCCCCCCCCCCC[N+](CC)(CCO)CCO.[O-][Cl+3]([O-])([O-])[O-]. The summed E-state index contributed by atoms with van der Waals surface area (Å²) in [6.45, 7) is 8.62. The van der Waals surface area contributed by atoms with Crippen molar-refractivity contribution in [3.8, 4) is 0 Å². The van der Waals surface area contributed by atoms with E-state index in [1.54, 1.807) is 0 Å². The fourth-order valence-electron chi connectivity index (χ4n) is 4.23. The highest BCUT2D eigenvalue weighted by Gasteiger charge is 2.23. The number of nitrogens with zero attached hydrogens (tertiary/aromatic N) is 1. The lowest BCUT2D eigenvalue weighted by molar-refractivity contribution is -2.00. The van der Waals surface area contributed by atoms with E-state index in [4.69, 9.17) is 18.6 Å². The maximum Gasteiger partial charge on any atom is 0.102 e. The lowest BCUT2D eigenvalue weighted by atomic mass is 10.0. The maximum absolute atomic E-state index is 9.30. The van der Waals surface area contributed by atoms with E-state index in [0.29, 0.717) is 0 Å². The lowest BCUT2D eigenvalue weighted by Gasteiger charge is -2.37. The molecule has 0 aromatic carbocycles. The van der Waals surface area contributed by atoms with Gasteiger partial charge in [0.2, 0.25) is 0 Å². The third-order valence-corrected chi connectivity index (χ3v) is 6.31. The number of aliphatic hydroxyl groups is 2. The van der Waals surface area contributed by atoms with E-state index >= 15 is 0 Å². The Hall–Kier alpha value is 0.01000. The molecule has 0 aliphatic rings. The molecule has 0 amide bonds. The second-order valence-electron chi connectivity index (χ2n) is 8.96. The second-order valence-corrected chi connectivity index (χ2v) is 9.71. The number of hydrogen-bond donors (Lipinski definition) is 2. The van der Waals surface area contributed by atoms with Gasteiger partial charge < -0.3 is 14.7 Å². The van der Waals surface area contributed by atoms with Gasteiger partial charge in [0, 0.05) is 0 Å². The standard InChI is InChI=1S/C24H52NO2.ClHO4/c1-3-5-6-7-8-9-10-11-12-13-14-15-16-17-18-19-20-25(4-2,21-23-26)22-24-27;2-1(3,4)5/h26-27H,3-24H2,1-2H3;(H,2,3,4,5)/q+1;/p-1. The van der Waals surface area contributed by atoms with Gasteiger partial charge in [-0.05, 0) is 19.8 Å². The number of halogens is 1. The van der Waals surface area contributed by atoms with Crippen LogP contribution in [0.2, 0.25) is 0 Å². The molecule has 0 fully saturated rings. The third-order valence-electron chi connectivity index (χ3n) is 6.31. The highest BCUT2D eigenvalue weighted by Crippen LogP contribution is 2.15. The van der Waals surface area contributed by atoms with Crippen LogP contribution in [0.4, 0.5) is 0 Å². The monoisotopic (exact) mass is 485 g/mol. The predicted octanol–water partition coefficient (Wildman–Crippen LogP) is 1.31. The molecule has 0 aromatic rings. The molecule has 8 heteroatoms. The minimum atomic E-state index is -4.94. The highest BCUT2D eigenvalue weighted by atomic mass is 35.7. The first-order valence-corrected chi connectivity index (χ1v) is 14.2. The quantitative estimate of drug-likeness (QED) is 0.175. The summed E-state index contributed by atoms with van der Waals surface area (Å²) < 4.78 is 34.9. The Morgan fingerprint density at radius 2 is 0.781 bits per heavy atom. The summed E-state index contributed by atoms with van der Waals surface area (Å²) in [4.78, 5) is 0. The number of likely N-dealkylation sites (N-methyl/N-ethyl adjacent to an activating group) is 1. The van der Waals surface area contributed by atoms with Gasteiger partial charge in [-0.1, -0.05) is 96.8 Å². The van der Waals surface area contributed by atoms with E-state index in [0.717, 1.165) is 30.7 Å². The average Bonchev–Trinajstić information content (AvgIpc) is 2.72. The minimum Gasteiger partial charge on any atom is -0.391 e. The lowest BCUT2D eigenvalue weighted by Crippen LogP contribution is -2.68. The minimum absolute atomic E-state index is 0.229. The zero-order valence-electron chi connectivity index (χ0n) is 20.9. The summed E-state index contributed by atoms with van der Waals surface area (Å²) >= 11 is 0. The van der Waals surface area contributed by atoms with Crippen LogP contribution in [0.1, 0.15) is 117 Å². The molecule has 0 rings (SSSR count). The van der Waals surface area contributed by atoms with Gasteiger partial charge >= 0.3 is 0 Å². The van der Waals surface area contributed by atoms with Gasteiger partial charge in [-0.2, -0.15) is 0 Å². The molecule has 196 valence electrons. The molecule has 2 N–H and O–H groups in total. The van der Waals surface area contributed by atoms with Crippen LogP contribution in [0.25, 0.3) is 0 Å². The molecule has 0 aliphatic carbocycles. The van der Waals surface area contributed by atoms with Gasteiger partial charge in [0.05, 0.1) is 26.3 Å². The zero-order valence-corrected chi connectivity index (χ0v) is 21.7. The average molecular weight is 486 g/mol. The summed E-state index contributed by atoms with van der Waals surface area (Å²) in [5.74, 6) is 0. The molecule has 0 heterocycles. The molecule has 0 unspecified atom stereocenters. The van der Waals surface area contributed by atoms with Crippen molar-refractivity contribution < 1.29 is 43.6 Å². The fourth-order valence-corrected chi connectivity index (χ4v) is 4.23. The highest BCUT2D eigenvalue weighted by molar-refractivity contribution is 4.51. The largest absolute Gasteiger partial charge is 0.391 e. The normalized spacial score (nSPS) is 12.0. The van der Waals surface area contributed by atoms with Crippen LogP contribution in [-0.4, -0.2) is 54.1 Å². The van der Waals surface area contributed by atoms with Crippen molar-refractivity contribution >= 4 is 0 Å². The van der Waals surface area contributed by atoms with Crippen molar-refractivity contribution in [2.24, 2.45) is 0 Å². The Morgan fingerprint density at radius 1 is 0.500 bits per heavy atom. The van der Waals surface area contributed by atoms with Crippen LogP contribution < -0.4 is 18.6 Å². The summed E-state index contributed by atoms with van der Waals surface area (Å²) in [5.41, 5.74) is 0. The van der Waals surface area contributed by atoms with Crippen molar-refractivity contribution in [3.05, 3.63) is 0 Å². The molecule has 0 bridgehead atoms. The Labute approximate surface area is 199 Å². The number of hydrogen-bond acceptors (Lipinski definition) is 6. The van der Waals surface area contributed by atoms with Crippen molar-refractivity contribution in [2.75, 3.05) is 39.4 Å². The Kier molecular flexibility index (Phi) is 25.8. The Bertz CT molecular complexity index is 357. The van der Waals surface area contributed by atoms with Crippen molar-refractivity contribution in [1.29, 1.82) is 0 Å². The summed E-state index contributed by atoms with van der Waals surface area (Å²) in [5, 5.41) is 18.6. The van der Waals surface area contributed by atoms with E-state index in [1.807, 2.05) is 0 Å². The molecular weight excluding hydrogens is 434 g/mol. The van der Waals surface area contributed by atoms with Crippen LogP contribution in [0.3, 0.4) is 0 Å². The van der Waals surface area contributed by atoms with Crippen LogP contribution in [0, 0.1) is 10.2 Å². The van der Waals surface area contributed by atoms with Crippen LogP contribution in [-0.2, 0) is 0 Å². The smallest absolute Gasteiger partial charge is 0.102 e. The summed E-state index contributed by atoms with van der Waals surface area (Å²) in [6.07, 6.45) is 22.4. The van der Waals surface area contributed by atoms with Crippen molar-refractivity contribution in [3.63, 3.8) is 0 Å². The molecule has 0 spiro atoms. The van der Waals surface area contributed by atoms with Crippen molar-refractivity contribution in [2.45, 2.75) is 117 Å². The van der Waals surface area contributed by atoms with Crippen LogP contribution in [0.15, 0.2) is 0 Å². The van der Waals surface area contributed by atoms with Gasteiger partial charge in [0.25, 0.3) is 0 Å². The Morgan fingerprint density at radius 3 is 1.03 bits per heavy atom. The molecular formula is C24H52ClNO6.